The van der Waals surface area contributed by atoms with E-state index in [4.69, 9.17) is 10.9 Å². The van der Waals surface area contributed by atoms with Crippen LogP contribution in [-0.2, 0) is 16.2 Å². The molecule has 0 saturated carbocycles. The summed E-state index contributed by atoms with van der Waals surface area (Å²) in [6.07, 6.45) is -3.50. The van der Waals surface area contributed by atoms with Crippen LogP contribution < -0.4 is 10.9 Å². The van der Waals surface area contributed by atoms with Gasteiger partial charge in [-0.05, 0) is 24.3 Å². The van der Waals surface area contributed by atoms with Crippen molar-refractivity contribution in [2.75, 3.05) is 5.73 Å². The first-order chi connectivity index (χ1) is 13.0. The van der Waals surface area contributed by atoms with Crippen molar-refractivity contribution >= 4 is 15.8 Å². The number of hydrogen-bond acceptors (Lipinski definition) is 6. The molecule has 0 unspecified atom stereocenters. The Morgan fingerprint density at radius 1 is 1.11 bits per heavy atom. The molecule has 12 heteroatoms. The average Bonchev–Trinajstić information content (AvgIpc) is 2.97. The largest absolute Gasteiger partial charge is 0.416 e. The lowest BCUT2D eigenvalue weighted by Gasteiger charge is -2.06. The van der Waals surface area contributed by atoms with E-state index in [1.807, 2.05) is 6.07 Å². The van der Waals surface area contributed by atoms with E-state index in [0.717, 1.165) is 23.0 Å². The van der Waals surface area contributed by atoms with Crippen LogP contribution in [0.15, 0.2) is 47.5 Å². The van der Waals surface area contributed by atoms with Crippen molar-refractivity contribution in [3.63, 3.8) is 0 Å². The van der Waals surface area contributed by atoms with Crippen LogP contribution in [0.3, 0.4) is 0 Å². The fourth-order valence-electron chi connectivity index (χ4n) is 2.40. The number of alkyl halides is 3. The van der Waals surface area contributed by atoms with Crippen molar-refractivity contribution in [2.45, 2.75) is 11.1 Å². The standard InChI is InChI=1S/C16H11F3N6O2S/c17-16(18,19)10-3-1-9(2-4-10)14-12(7-20)15(21)25(24-14)13-6-5-11(8-23-13)28(22,26)27/h1-6,8H,21H2,(H2,22,26,27). The number of halogens is 3. The van der Waals surface area contributed by atoms with Gasteiger partial charge < -0.3 is 5.73 Å². The first-order valence-electron chi connectivity index (χ1n) is 7.48. The van der Waals surface area contributed by atoms with E-state index in [1.54, 1.807) is 0 Å². The van der Waals surface area contributed by atoms with Gasteiger partial charge in [-0.15, -0.1) is 0 Å². The number of benzene rings is 1. The Bertz CT molecular complexity index is 1180. The highest BCUT2D eigenvalue weighted by atomic mass is 32.2. The van der Waals surface area contributed by atoms with Crippen molar-refractivity contribution in [1.29, 1.82) is 5.26 Å². The van der Waals surface area contributed by atoms with Gasteiger partial charge >= 0.3 is 6.18 Å². The second-order valence-corrected chi connectivity index (χ2v) is 7.17. The van der Waals surface area contributed by atoms with Gasteiger partial charge in [0, 0.05) is 11.8 Å². The molecule has 2 heterocycles. The van der Waals surface area contributed by atoms with Crippen molar-refractivity contribution in [3.05, 3.63) is 53.7 Å². The Labute approximate surface area is 156 Å². The molecule has 2 aromatic heterocycles. The van der Waals surface area contributed by atoms with Crippen LogP contribution in [0.25, 0.3) is 17.1 Å². The summed E-state index contributed by atoms with van der Waals surface area (Å²) in [7, 11) is -3.95. The van der Waals surface area contributed by atoms with Gasteiger partial charge in [-0.3, -0.25) is 0 Å². The third-order valence-electron chi connectivity index (χ3n) is 3.78. The van der Waals surface area contributed by atoms with Gasteiger partial charge in [0.05, 0.1) is 5.56 Å². The number of sulfonamides is 1. The number of aromatic nitrogens is 3. The Kier molecular flexibility index (Phi) is 4.58. The molecule has 0 aliphatic rings. The fraction of sp³-hybridized carbons (Fsp3) is 0.0625. The van der Waals surface area contributed by atoms with Crippen LogP contribution in [0.4, 0.5) is 19.0 Å². The number of nitriles is 1. The van der Waals surface area contributed by atoms with Gasteiger partial charge in [0.25, 0.3) is 0 Å². The molecule has 8 nitrogen and oxygen atoms in total. The zero-order chi connectivity index (χ0) is 20.7. The Morgan fingerprint density at radius 3 is 2.21 bits per heavy atom. The lowest BCUT2D eigenvalue weighted by atomic mass is 10.1. The molecule has 0 bridgehead atoms. The number of rotatable bonds is 3. The Hall–Kier alpha value is -3.43. The highest BCUT2D eigenvalue weighted by Crippen LogP contribution is 2.33. The van der Waals surface area contributed by atoms with Crippen LogP contribution in [0, 0.1) is 11.3 Å². The van der Waals surface area contributed by atoms with Crippen LogP contribution in [0.2, 0.25) is 0 Å². The molecule has 0 amide bonds. The summed E-state index contributed by atoms with van der Waals surface area (Å²) < 4.78 is 61.9. The number of nitrogen functional groups attached to an aromatic ring is 1. The summed E-state index contributed by atoms with van der Waals surface area (Å²) in [5.41, 5.74) is 5.33. The Balaban J connectivity index is 2.08. The van der Waals surface area contributed by atoms with Crippen LogP contribution >= 0.6 is 0 Å². The smallest absolute Gasteiger partial charge is 0.382 e. The quantitative estimate of drug-likeness (QED) is 0.680. The predicted octanol–water partition coefficient (Wildman–Crippen LogP) is 2.05. The molecular weight excluding hydrogens is 397 g/mol. The average molecular weight is 408 g/mol. The van der Waals surface area contributed by atoms with Gasteiger partial charge in [0.2, 0.25) is 10.0 Å². The molecule has 0 saturated heterocycles. The fourth-order valence-corrected chi connectivity index (χ4v) is 2.86. The van der Waals surface area contributed by atoms with Crippen molar-refractivity contribution < 1.29 is 21.6 Å². The van der Waals surface area contributed by atoms with E-state index in [1.165, 1.54) is 24.3 Å². The molecule has 3 rings (SSSR count). The second-order valence-electron chi connectivity index (χ2n) is 5.60. The predicted molar refractivity (Wildman–Crippen MR) is 92.3 cm³/mol. The number of primary sulfonamides is 1. The first kappa shape index (κ1) is 19.3. The molecule has 0 spiro atoms. The third-order valence-corrected chi connectivity index (χ3v) is 4.68. The first-order valence-corrected chi connectivity index (χ1v) is 9.02. The number of hydrogen-bond donors (Lipinski definition) is 2. The highest BCUT2D eigenvalue weighted by molar-refractivity contribution is 7.89. The highest BCUT2D eigenvalue weighted by Gasteiger charge is 2.30. The number of nitrogens with zero attached hydrogens (tertiary/aromatic N) is 4. The van der Waals surface area contributed by atoms with Gasteiger partial charge in [-0.1, -0.05) is 12.1 Å². The summed E-state index contributed by atoms with van der Waals surface area (Å²) in [5, 5.41) is 18.5. The van der Waals surface area contributed by atoms with Crippen molar-refractivity contribution in [2.24, 2.45) is 5.14 Å². The van der Waals surface area contributed by atoms with Crippen LogP contribution in [0.5, 0.6) is 0 Å². The lowest BCUT2D eigenvalue weighted by molar-refractivity contribution is -0.137. The molecule has 1 aromatic carbocycles. The summed E-state index contributed by atoms with van der Waals surface area (Å²) >= 11 is 0. The molecule has 0 radical (unpaired) electrons. The number of pyridine rings is 1. The minimum atomic E-state index is -4.50. The Morgan fingerprint density at radius 2 is 1.75 bits per heavy atom. The number of anilines is 1. The maximum absolute atomic E-state index is 12.7. The minimum Gasteiger partial charge on any atom is -0.382 e. The molecule has 0 aliphatic heterocycles. The normalized spacial score (nSPS) is 12.0. The molecule has 0 aliphatic carbocycles. The molecule has 3 aromatic rings. The van der Waals surface area contributed by atoms with Crippen LogP contribution in [-0.4, -0.2) is 23.2 Å². The molecule has 144 valence electrons. The zero-order valence-electron chi connectivity index (χ0n) is 13.8. The zero-order valence-corrected chi connectivity index (χ0v) is 14.7. The lowest BCUT2D eigenvalue weighted by Crippen LogP contribution is -2.13. The van der Waals surface area contributed by atoms with Gasteiger partial charge in [0.15, 0.2) is 5.82 Å². The molecule has 0 atom stereocenters. The molecular formula is C16H11F3N6O2S. The van der Waals surface area contributed by atoms with E-state index in [9.17, 15) is 26.9 Å². The maximum atomic E-state index is 12.7. The van der Waals surface area contributed by atoms with E-state index >= 15 is 0 Å². The van der Waals surface area contributed by atoms with Gasteiger partial charge in [-0.2, -0.15) is 28.2 Å². The summed E-state index contributed by atoms with van der Waals surface area (Å²) in [5.74, 6) is -0.00665. The second kappa shape index (κ2) is 6.63. The summed E-state index contributed by atoms with van der Waals surface area (Å²) in [4.78, 5) is 3.68. The third kappa shape index (κ3) is 3.53. The summed E-state index contributed by atoms with van der Waals surface area (Å²) in [6.45, 7) is 0. The van der Waals surface area contributed by atoms with E-state index < -0.39 is 21.8 Å². The van der Waals surface area contributed by atoms with Gasteiger partial charge in [-0.25, -0.2) is 18.5 Å². The van der Waals surface area contributed by atoms with E-state index in [2.05, 4.69) is 10.1 Å². The summed E-state index contributed by atoms with van der Waals surface area (Å²) in [6, 6.07) is 8.40. The SMILES string of the molecule is N#Cc1c(-c2ccc(C(F)(F)F)cc2)nn(-c2ccc(S(N)(=O)=O)cn2)c1N. The van der Waals surface area contributed by atoms with Crippen molar-refractivity contribution in [1.82, 2.24) is 14.8 Å². The molecule has 28 heavy (non-hydrogen) atoms. The van der Waals surface area contributed by atoms with Gasteiger partial charge in [0.1, 0.15) is 28.0 Å². The van der Waals surface area contributed by atoms with E-state index in [0.29, 0.717) is 0 Å². The minimum absolute atomic E-state index is 0.0583. The maximum Gasteiger partial charge on any atom is 0.416 e. The van der Waals surface area contributed by atoms with Crippen LogP contribution in [0.1, 0.15) is 11.1 Å². The number of nitrogens with two attached hydrogens (primary N) is 2. The molecule has 4 N–H and O–H groups in total. The molecule has 0 fully saturated rings. The monoisotopic (exact) mass is 408 g/mol. The van der Waals surface area contributed by atoms with Crippen molar-refractivity contribution in [3.8, 4) is 23.1 Å². The topological polar surface area (TPSA) is 141 Å². The van der Waals surface area contributed by atoms with E-state index in [-0.39, 0.29) is 33.4 Å².